The summed E-state index contributed by atoms with van der Waals surface area (Å²) in [7, 11) is 0. The van der Waals surface area contributed by atoms with Crippen molar-refractivity contribution in [3.8, 4) is 6.07 Å². The topological polar surface area (TPSA) is 72.6 Å². The molecule has 35 heavy (non-hydrogen) atoms. The summed E-state index contributed by atoms with van der Waals surface area (Å²) in [5.74, 6) is 0.266. The minimum atomic E-state index is -0.332. The average molecular weight is 512 g/mol. The van der Waals surface area contributed by atoms with Gasteiger partial charge in [-0.1, -0.05) is 24.0 Å². The van der Waals surface area contributed by atoms with Gasteiger partial charge in [0.15, 0.2) is 0 Å². The number of halogens is 1. The number of carbonyl (C=O) groups is 1. The monoisotopic (exact) mass is 511 g/mol. The smallest absolute Gasteiger partial charge is 0.270 e. The van der Waals surface area contributed by atoms with Crippen molar-refractivity contribution < 1.29 is 9.18 Å². The van der Waals surface area contributed by atoms with Crippen LogP contribution < -0.4 is 15.4 Å². The summed E-state index contributed by atoms with van der Waals surface area (Å²) in [6, 6.07) is 8.49. The van der Waals surface area contributed by atoms with Crippen LogP contribution in [0.3, 0.4) is 0 Å². The van der Waals surface area contributed by atoms with E-state index in [2.05, 4.69) is 15.9 Å². The Kier molecular flexibility index (Phi) is 7.28. The predicted molar refractivity (Wildman–Crippen MR) is 142 cm³/mol. The highest BCUT2D eigenvalue weighted by Crippen LogP contribution is 2.36. The highest BCUT2D eigenvalue weighted by atomic mass is 32.2. The van der Waals surface area contributed by atoms with Crippen molar-refractivity contribution >= 4 is 51.8 Å². The second-order valence-electron chi connectivity index (χ2n) is 8.27. The Bertz CT molecular complexity index is 1310. The van der Waals surface area contributed by atoms with Crippen LogP contribution in [0, 0.1) is 24.1 Å². The lowest BCUT2D eigenvalue weighted by molar-refractivity contribution is -0.121. The molecule has 2 aliphatic rings. The molecule has 0 saturated carbocycles. The molecule has 7 nitrogen and oxygen atoms in total. The van der Waals surface area contributed by atoms with Gasteiger partial charge >= 0.3 is 0 Å². The Morgan fingerprint density at radius 2 is 1.71 bits per heavy atom. The van der Waals surface area contributed by atoms with Gasteiger partial charge in [0.25, 0.3) is 11.5 Å². The number of piperazine rings is 1. The maximum absolute atomic E-state index is 13.3. The molecule has 0 radical (unpaired) electrons. The maximum atomic E-state index is 13.3. The summed E-state index contributed by atoms with van der Waals surface area (Å²) in [4.78, 5) is 32.4. The van der Waals surface area contributed by atoms with Crippen LogP contribution in [0.2, 0.25) is 0 Å². The van der Waals surface area contributed by atoms with E-state index in [-0.39, 0.29) is 22.8 Å². The number of thiocarbonyl (C=S) groups is 1. The van der Waals surface area contributed by atoms with Gasteiger partial charge in [-0.05, 0) is 56.7 Å². The van der Waals surface area contributed by atoms with Gasteiger partial charge in [0.1, 0.15) is 27.6 Å². The highest BCUT2D eigenvalue weighted by molar-refractivity contribution is 8.26. The molecule has 4 rings (SSSR count). The van der Waals surface area contributed by atoms with Crippen LogP contribution in [-0.2, 0) is 11.3 Å². The number of pyridine rings is 1. The Morgan fingerprint density at radius 1 is 1.09 bits per heavy atom. The molecule has 0 unspecified atom stereocenters. The quantitative estimate of drug-likeness (QED) is 0.447. The lowest BCUT2D eigenvalue weighted by atomic mass is 10.0. The van der Waals surface area contributed by atoms with Crippen LogP contribution in [0.1, 0.15) is 30.5 Å². The molecule has 2 aliphatic heterocycles. The van der Waals surface area contributed by atoms with E-state index in [0.717, 1.165) is 5.69 Å². The fourth-order valence-corrected chi connectivity index (χ4v) is 5.88. The molecule has 182 valence electrons. The van der Waals surface area contributed by atoms with E-state index in [1.807, 2.05) is 13.8 Å². The molecule has 10 heteroatoms. The molecule has 2 fully saturated rings. The van der Waals surface area contributed by atoms with Gasteiger partial charge in [-0.2, -0.15) is 5.26 Å². The summed E-state index contributed by atoms with van der Waals surface area (Å²) in [6.07, 6.45) is 1.78. The fourth-order valence-electron chi connectivity index (χ4n) is 4.51. The van der Waals surface area contributed by atoms with Gasteiger partial charge in [0, 0.05) is 50.5 Å². The minimum absolute atomic E-state index is 0.0813. The fraction of sp³-hybridized carbons (Fsp3) is 0.360. The molecule has 0 spiro atoms. The molecule has 0 N–H and O–H groups in total. The summed E-state index contributed by atoms with van der Waals surface area (Å²) in [5, 5.41) is 9.73. The number of nitriles is 1. The zero-order chi connectivity index (χ0) is 25.3. The third kappa shape index (κ3) is 4.58. The standard InChI is InChI=1S/C25H26FN5O2S2/c1-4-30-22(29-12-10-28(11-13-29)18-8-6-17(26)7-9-18)19(16(3)20(15-27)23(30)32)14-21-24(33)31(5-2)25(34)35-21/h6-9,14H,4-5,10-13H2,1-3H3/b21-14+. The summed E-state index contributed by atoms with van der Waals surface area (Å²) in [6.45, 7) is 8.98. The van der Waals surface area contributed by atoms with Gasteiger partial charge in [-0.3, -0.25) is 19.1 Å². The normalized spacial score (nSPS) is 17.5. The zero-order valence-electron chi connectivity index (χ0n) is 19.9. The lowest BCUT2D eigenvalue weighted by Gasteiger charge is -2.39. The van der Waals surface area contributed by atoms with E-state index in [0.29, 0.717) is 65.4 Å². The van der Waals surface area contributed by atoms with Gasteiger partial charge in [0.05, 0.1) is 4.91 Å². The molecule has 1 amide bonds. The molecule has 3 heterocycles. The number of benzene rings is 1. The molecule has 0 atom stereocenters. The van der Waals surface area contributed by atoms with E-state index < -0.39 is 0 Å². The van der Waals surface area contributed by atoms with E-state index in [1.165, 1.54) is 23.9 Å². The largest absolute Gasteiger partial charge is 0.368 e. The first-order chi connectivity index (χ1) is 16.8. The van der Waals surface area contributed by atoms with Gasteiger partial charge < -0.3 is 9.80 Å². The lowest BCUT2D eigenvalue weighted by Crippen LogP contribution is -2.48. The zero-order valence-corrected chi connectivity index (χ0v) is 21.5. The third-order valence-corrected chi connectivity index (χ3v) is 7.78. The van der Waals surface area contributed by atoms with E-state index >= 15 is 0 Å². The maximum Gasteiger partial charge on any atom is 0.270 e. The van der Waals surface area contributed by atoms with Crippen LogP contribution in [0.4, 0.5) is 15.9 Å². The number of likely N-dealkylation sites (N-methyl/N-ethyl adjacent to an activating group) is 1. The highest BCUT2D eigenvalue weighted by Gasteiger charge is 2.32. The third-order valence-electron chi connectivity index (χ3n) is 6.40. The Morgan fingerprint density at radius 3 is 2.26 bits per heavy atom. The van der Waals surface area contributed by atoms with E-state index in [4.69, 9.17) is 12.2 Å². The number of thioether (sulfide) groups is 1. The number of carbonyl (C=O) groups excluding carboxylic acids is 1. The molecular formula is C25H26FN5O2S2. The SMILES string of the molecule is CCN1C(=O)/C(=C\c2c(C)c(C#N)c(=O)n(CC)c2N2CCN(c3ccc(F)cc3)CC2)SC1=S. The summed E-state index contributed by atoms with van der Waals surface area (Å²) < 4.78 is 15.5. The molecule has 0 bridgehead atoms. The molecule has 2 aromatic rings. The van der Waals surface area contributed by atoms with Crippen LogP contribution >= 0.6 is 24.0 Å². The van der Waals surface area contributed by atoms with E-state index in [1.54, 1.807) is 34.6 Å². The van der Waals surface area contributed by atoms with Crippen LogP contribution in [0.15, 0.2) is 34.0 Å². The first kappa shape index (κ1) is 24.9. The Labute approximate surface area is 213 Å². The number of rotatable bonds is 5. The Hall–Kier alpha value is -3.16. The number of nitrogens with zero attached hydrogens (tertiary/aromatic N) is 5. The molecule has 2 saturated heterocycles. The number of hydrogen-bond donors (Lipinski definition) is 0. The number of hydrogen-bond acceptors (Lipinski definition) is 7. The minimum Gasteiger partial charge on any atom is -0.368 e. The van der Waals surface area contributed by atoms with Crippen molar-refractivity contribution in [2.75, 3.05) is 42.5 Å². The molecule has 0 aliphatic carbocycles. The Balaban J connectivity index is 1.77. The van der Waals surface area contributed by atoms with Crippen LogP contribution in [0.25, 0.3) is 6.08 Å². The number of amides is 1. The average Bonchev–Trinajstić information content (AvgIpc) is 3.13. The number of anilines is 2. The first-order valence-electron chi connectivity index (χ1n) is 11.5. The van der Waals surface area contributed by atoms with Gasteiger partial charge in [0.2, 0.25) is 0 Å². The van der Waals surface area contributed by atoms with Gasteiger partial charge in [-0.15, -0.1) is 0 Å². The van der Waals surface area contributed by atoms with Crippen LogP contribution in [-0.4, -0.2) is 52.4 Å². The van der Waals surface area contributed by atoms with E-state index in [9.17, 15) is 19.2 Å². The van der Waals surface area contributed by atoms with Crippen molar-refractivity contribution in [1.29, 1.82) is 5.26 Å². The van der Waals surface area contributed by atoms with Crippen molar-refractivity contribution in [2.24, 2.45) is 0 Å². The summed E-state index contributed by atoms with van der Waals surface area (Å²) >= 11 is 6.60. The van der Waals surface area contributed by atoms with Crippen molar-refractivity contribution in [1.82, 2.24) is 9.47 Å². The predicted octanol–water partition coefficient (Wildman–Crippen LogP) is 3.74. The van der Waals surface area contributed by atoms with Crippen molar-refractivity contribution in [3.63, 3.8) is 0 Å². The second kappa shape index (κ2) is 10.2. The molecule has 1 aromatic carbocycles. The second-order valence-corrected chi connectivity index (χ2v) is 9.95. The molecule has 1 aromatic heterocycles. The van der Waals surface area contributed by atoms with Crippen molar-refractivity contribution in [3.05, 3.63) is 62.0 Å². The van der Waals surface area contributed by atoms with Crippen molar-refractivity contribution in [2.45, 2.75) is 27.3 Å². The van der Waals surface area contributed by atoms with Crippen LogP contribution in [0.5, 0.6) is 0 Å². The number of aromatic nitrogens is 1. The molecular weight excluding hydrogens is 485 g/mol. The van der Waals surface area contributed by atoms with Gasteiger partial charge in [-0.25, -0.2) is 4.39 Å². The summed E-state index contributed by atoms with van der Waals surface area (Å²) in [5.41, 5.74) is 1.94. The first-order valence-corrected chi connectivity index (χ1v) is 12.7.